The Morgan fingerprint density at radius 1 is 1.19 bits per heavy atom. The van der Waals surface area contributed by atoms with Crippen molar-refractivity contribution in [2.75, 3.05) is 30.7 Å². The van der Waals surface area contributed by atoms with Gasteiger partial charge in [0.25, 0.3) is 0 Å². The number of rotatable bonds is 6. The number of hydrogen-bond donors (Lipinski definition) is 2. The summed E-state index contributed by atoms with van der Waals surface area (Å²) in [5.41, 5.74) is 5.90. The number of para-hydroxylation sites is 1. The van der Waals surface area contributed by atoms with Crippen LogP contribution in [-0.4, -0.2) is 42.1 Å². The molecule has 3 N–H and O–H groups in total. The second-order valence-corrected chi connectivity index (χ2v) is 6.15. The molecule has 2 rings (SSSR count). The Bertz CT molecular complexity index is 501. The van der Waals surface area contributed by atoms with E-state index in [0.717, 1.165) is 23.7 Å². The molecule has 1 saturated heterocycles. The van der Waals surface area contributed by atoms with Crippen molar-refractivity contribution in [3.63, 3.8) is 0 Å². The summed E-state index contributed by atoms with van der Waals surface area (Å²) in [4.78, 5) is 26.0. The fraction of sp³-hybridized carbons (Fsp3) is 0.467. The predicted molar refractivity (Wildman–Crippen MR) is 85.3 cm³/mol. The molecule has 0 bridgehead atoms. The maximum atomic E-state index is 12.1. The Balaban J connectivity index is 1.91. The largest absolute Gasteiger partial charge is 0.369 e. The van der Waals surface area contributed by atoms with Gasteiger partial charge in [-0.25, -0.2) is 0 Å². The van der Waals surface area contributed by atoms with E-state index in [9.17, 15) is 9.59 Å². The lowest BCUT2D eigenvalue weighted by molar-refractivity contribution is -0.117. The number of amides is 2. The number of carbonyl (C=O) groups is 2. The van der Waals surface area contributed by atoms with Crippen LogP contribution in [0.5, 0.6) is 0 Å². The first-order chi connectivity index (χ1) is 10.1. The molecule has 1 aliphatic rings. The first-order valence-electron chi connectivity index (χ1n) is 7.17. The van der Waals surface area contributed by atoms with E-state index in [2.05, 4.69) is 10.2 Å². The quantitative estimate of drug-likeness (QED) is 0.784. The number of nitrogens with one attached hydrogen (secondary N) is 1. The number of carbonyl (C=O) groups excluding carboxylic acids is 2. The van der Waals surface area contributed by atoms with Crippen molar-refractivity contribution >= 4 is 29.3 Å². The number of anilines is 1. The standard InChI is InChI=1S/C15H21N3O2S/c16-14(19)11-21-13-7-3-2-6-12(13)17-15(20)10-18-8-4-1-5-9-18/h2-3,6-7H,1,4-5,8-11H2,(H2,16,19)(H,17,20). The lowest BCUT2D eigenvalue weighted by Crippen LogP contribution is -2.36. The van der Waals surface area contributed by atoms with Gasteiger partial charge in [0.15, 0.2) is 0 Å². The highest BCUT2D eigenvalue weighted by atomic mass is 32.2. The van der Waals surface area contributed by atoms with E-state index in [0.29, 0.717) is 6.54 Å². The van der Waals surface area contributed by atoms with E-state index in [1.807, 2.05) is 24.3 Å². The Morgan fingerprint density at radius 3 is 2.62 bits per heavy atom. The molecule has 114 valence electrons. The summed E-state index contributed by atoms with van der Waals surface area (Å²) in [6.45, 7) is 2.41. The molecule has 0 saturated carbocycles. The highest BCUT2D eigenvalue weighted by Gasteiger charge is 2.15. The van der Waals surface area contributed by atoms with E-state index >= 15 is 0 Å². The monoisotopic (exact) mass is 307 g/mol. The van der Waals surface area contributed by atoms with Gasteiger partial charge in [0.2, 0.25) is 11.8 Å². The maximum Gasteiger partial charge on any atom is 0.238 e. The SMILES string of the molecule is NC(=O)CSc1ccccc1NC(=O)CN1CCCCC1. The fourth-order valence-corrected chi connectivity index (χ4v) is 3.10. The zero-order chi connectivity index (χ0) is 15.1. The van der Waals surface area contributed by atoms with E-state index in [1.165, 1.54) is 31.0 Å². The van der Waals surface area contributed by atoms with Crippen molar-refractivity contribution in [1.29, 1.82) is 0 Å². The number of likely N-dealkylation sites (tertiary alicyclic amines) is 1. The number of nitrogens with zero attached hydrogens (tertiary/aromatic N) is 1. The van der Waals surface area contributed by atoms with Gasteiger partial charge in [0.1, 0.15) is 0 Å². The normalized spacial score (nSPS) is 15.6. The molecular weight excluding hydrogens is 286 g/mol. The molecule has 1 aliphatic heterocycles. The van der Waals surface area contributed by atoms with Crippen LogP contribution in [0.2, 0.25) is 0 Å². The van der Waals surface area contributed by atoms with Crippen LogP contribution < -0.4 is 11.1 Å². The molecule has 0 spiro atoms. The van der Waals surface area contributed by atoms with Crippen LogP contribution in [0.4, 0.5) is 5.69 Å². The number of primary amides is 1. The number of benzene rings is 1. The molecule has 0 aliphatic carbocycles. The summed E-state index contributed by atoms with van der Waals surface area (Å²) in [7, 11) is 0. The molecule has 0 unspecified atom stereocenters. The minimum absolute atomic E-state index is 0.0102. The molecule has 21 heavy (non-hydrogen) atoms. The average Bonchev–Trinajstić information content (AvgIpc) is 2.47. The van der Waals surface area contributed by atoms with Gasteiger partial charge in [0, 0.05) is 4.90 Å². The number of piperidine rings is 1. The summed E-state index contributed by atoms with van der Waals surface area (Å²) >= 11 is 1.34. The highest BCUT2D eigenvalue weighted by Crippen LogP contribution is 2.26. The van der Waals surface area contributed by atoms with Crippen LogP contribution in [-0.2, 0) is 9.59 Å². The third kappa shape index (κ3) is 5.40. The number of thioether (sulfide) groups is 1. The minimum Gasteiger partial charge on any atom is -0.369 e. The van der Waals surface area contributed by atoms with Crippen molar-refractivity contribution in [2.24, 2.45) is 5.73 Å². The van der Waals surface area contributed by atoms with E-state index < -0.39 is 0 Å². The second-order valence-electron chi connectivity index (χ2n) is 5.14. The Labute approximate surface area is 129 Å². The summed E-state index contributed by atoms with van der Waals surface area (Å²) in [5, 5.41) is 2.93. The molecule has 0 atom stereocenters. The van der Waals surface area contributed by atoms with Gasteiger partial charge < -0.3 is 11.1 Å². The van der Waals surface area contributed by atoms with Gasteiger partial charge in [-0.3, -0.25) is 14.5 Å². The van der Waals surface area contributed by atoms with Gasteiger partial charge in [-0.15, -0.1) is 11.8 Å². The van der Waals surface area contributed by atoms with Crippen molar-refractivity contribution in [3.05, 3.63) is 24.3 Å². The molecule has 1 fully saturated rings. The molecule has 5 nitrogen and oxygen atoms in total. The summed E-state index contributed by atoms with van der Waals surface area (Å²) < 4.78 is 0. The zero-order valence-corrected chi connectivity index (χ0v) is 12.8. The van der Waals surface area contributed by atoms with Gasteiger partial charge in [-0.05, 0) is 38.1 Å². The molecule has 1 heterocycles. The Morgan fingerprint density at radius 2 is 1.90 bits per heavy atom. The van der Waals surface area contributed by atoms with Crippen LogP contribution in [0.1, 0.15) is 19.3 Å². The van der Waals surface area contributed by atoms with E-state index in [4.69, 9.17) is 5.73 Å². The summed E-state index contributed by atoms with van der Waals surface area (Å²) in [5.74, 6) is -0.169. The smallest absolute Gasteiger partial charge is 0.238 e. The van der Waals surface area contributed by atoms with Gasteiger partial charge in [0.05, 0.1) is 18.0 Å². The number of nitrogens with two attached hydrogens (primary N) is 1. The zero-order valence-electron chi connectivity index (χ0n) is 12.0. The summed E-state index contributed by atoms with van der Waals surface area (Å²) in [6.07, 6.45) is 3.58. The van der Waals surface area contributed by atoms with Crippen LogP contribution >= 0.6 is 11.8 Å². The minimum atomic E-state index is -0.366. The second kappa shape index (κ2) is 8.05. The first-order valence-corrected chi connectivity index (χ1v) is 8.16. The lowest BCUT2D eigenvalue weighted by atomic mass is 10.1. The molecular formula is C15H21N3O2S. The Kier molecular flexibility index (Phi) is 6.07. The molecule has 2 amide bonds. The molecule has 0 aromatic heterocycles. The molecule has 1 aromatic carbocycles. The number of hydrogen-bond acceptors (Lipinski definition) is 4. The Hall–Kier alpha value is -1.53. The van der Waals surface area contributed by atoms with Gasteiger partial charge in [-0.1, -0.05) is 18.6 Å². The molecule has 1 aromatic rings. The fourth-order valence-electron chi connectivity index (χ4n) is 2.35. The van der Waals surface area contributed by atoms with Crippen LogP contribution in [0.3, 0.4) is 0 Å². The average molecular weight is 307 g/mol. The third-order valence-corrected chi connectivity index (χ3v) is 4.44. The summed E-state index contributed by atoms with van der Waals surface area (Å²) in [6, 6.07) is 7.47. The van der Waals surface area contributed by atoms with E-state index in [-0.39, 0.29) is 17.6 Å². The molecule has 0 radical (unpaired) electrons. The molecule has 6 heteroatoms. The van der Waals surface area contributed by atoms with Crippen LogP contribution in [0, 0.1) is 0 Å². The van der Waals surface area contributed by atoms with Crippen molar-refractivity contribution < 1.29 is 9.59 Å². The van der Waals surface area contributed by atoms with Gasteiger partial charge in [-0.2, -0.15) is 0 Å². The van der Waals surface area contributed by atoms with E-state index in [1.54, 1.807) is 0 Å². The third-order valence-electron chi connectivity index (χ3n) is 3.35. The van der Waals surface area contributed by atoms with Gasteiger partial charge >= 0.3 is 0 Å². The topological polar surface area (TPSA) is 75.4 Å². The maximum absolute atomic E-state index is 12.1. The predicted octanol–water partition coefficient (Wildman–Crippen LogP) is 1.69. The van der Waals surface area contributed by atoms with Crippen LogP contribution in [0.15, 0.2) is 29.2 Å². The first kappa shape index (κ1) is 15.9. The van der Waals surface area contributed by atoms with Crippen molar-refractivity contribution in [3.8, 4) is 0 Å². The van der Waals surface area contributed by atoms with Crippen LogP contribution in [0.25, 0.3) is 0 Å². The highest BCUT2D eigenvalue weighted by molar-refractivity contribution is 8.00. The lowest BCUT2D eigenvalue weighted by Gasteiger charge is -2.25. The van der Waals surface area contributed by atoms with Crippen molar-refractivity contribution in [2.45, 2.75) is 24.2 Å². The van der Waals surface area contributed by atoms with Crippen molar-refractivity contribution in [1.82, 2.24) is 4.90 Å².